The van der Waals surface area contributed by atoms with E-state index >= 15 is 0 Å². The van der Waals surface area contributed by atoms with Gasteiger partial charge in [0, 0.05) is 11.3 Å². The van der Waals surface area contributed by atoms with Gasteiger partial charge in [0.2, 0.25) is 0 Å². The van der Waals surface area contributed by atoms with Crippen molar-refractivity contribution in [1.82, 2.24) is 0 Å². The van der Waals surface area contributed by atoms with Gasteiger partial charge >= 0.3 is 0 Å². The first-order valence-electron chi connectivity index (χ1n) is 8.55. The molecule has 0 aliphatic rings. The Hall–Kier alpha value is -2.40. The molecule has 1 atom stereocenters. The largest absolute Gasteiger partial charge is 0.494 e. The van der Waals surface area contributed by atoms with Crippen molar-refractivity contribution in [2.75, 3.05) is 25.5 Å². The van der Waals surface area contributed by atoms with Crippen molar-refractivity contribution in [3.05, 3.63) is 59.4 Å². The fourth-order valence-electron chi connectivity index (χ4n) is 2.84. The van der Waals surface area contributed by atoms with Gasteiger partial charge in [-0.05, 0) is 43.2 Å². The molecule has 0 saturated carbocycles. The molecular weight excluding hydrogens is 319 g/mol. The van der Waals surface area contributed by atoms with Gasteiger partial charge in [-0.25, -0.2) is 4.39 Å². The number of aryl methyl sites for hydroxylation is 1. The van der Waals surface area contributed by atoms with Crippen LogP contribution in [0.5, 0.6) is 5.75 Å². The van der Waals surface area contributed by atoms with Crippen LogP contribution in [0.4, 0.5) is 10.1 Å². The first-order chi connectivity index (χ1) is 12.0. The van der Waals surface area contributed by atoms with Crippen molar-refractivity contribution >= 4 is 11.6 Å². The van der Waals surface area contributed by atoms with Crippen LogP contribution in [0.1, 0.15) is 24.5 Å². The summed E-state index contributed by atoms with van der Waals surface area (Å²) in [6, 6.07) is 12.7. The van der Waals surface area contributed by atoms with Gasteiger partial charge in [-0.15, -0.1) is 0 Å². The highest BCUT2D eigenvalue weighted by atomic mass is 19.1. The minimum Gasteiger partial charge on any atom is -0.494 e. The highest BCUT2D eigenvalue weighted by Crippen LogP contribution is 2.17. The van der Waals surface area contributed by atoms with Gasteiger partial charge in [0.15, 0.2) is 18.1 Å². The fraction of sp³-hybridized carbons (Fsp3) is 0.350. The lowest BCUT2D eigenvalue weighted by molar-refractivity contribution is -0.905. The smallest absolute Gasteiger partial charge is 0.279 e. The number of anilines is 1. The summed E-state index contributed by atoms with van der Waals surface area (Å²) in [5, 5.41) is 2.96. The minimum absolute atomic E-state index is 0.0354. The highest BCUT2D eigenvalue weighted by molar-refractivity contribution is 5.92. The lowest BCUT2D eigenvalue weighted by atomic mass is 10.2. The van der Waals surface area contributed by atoms with E-state index in [9.17, 15) is 9.18 Å². The van der Waals surface area contributed by atoms with Crippen LogP contribution >= 0.6 is 0 Å². The summed E-state index contributed by atoms with van der Waals surface area (Å²) < 4.78 is 18.8. The van der Waals surface area contributed by atoms with E-state index in [1.807, 2.05) is 37.3 Å². The third-order valence-electron chi connectivity index (χ3n) is 4.10. The fourth-order valence-corrected chi connectivity index (χ4v) is 2.84. The van der Waals surface area contributed by atoms with E-state index in [0.29, 0.717) is 13.1 Å². The van der Waals surface area contributed by atoms with Gasteiger partial charge in [-0.3, -0.25) is 4.79 Å². The Morgan fingerprint density at radius 3 is 2.64 bits per heavy atom. The lowest BCUT2D eigenvalue weighted by Crippen LogP contribution is -3.11. The van der Waals surface area contributed by atoms with E-state index < -0.39 is 0 Å². The predicted octanol–water partition coefficient (Wildman–Crippen LogP) is 2.58. The quantitative estimate of drug-likeness (QED) is 0.772. The van der Waals surface area contributed by atoms with Gasteiger partial charge in [-0.1, -0.05) is 25.1 Å². The molecule has 5 heteroatoms. The summed E-state index contributed by atoms with van der Waals surface area (Å²) >= 11 is 0. The number of amides is 1. The molecule has 0 heterocycles. The number of hydrogen-bond acceptors (Lipinski definition) is 2. The van der Waals surface area contributed by atoms with Crippen LogP contribution in [0.3, 0.4) is 0 Å². The number of benzene rings is 2. The molecule has 2 N–H and O–H groups in total. The summed E-state index contributed by atoms with van der Waals surface area (Å²) in [4.78, 5) is 13.5. The Kier molecular flexibility index (Phi) is 6.95. The number of para-hydroxylation sites is 1. The van der Waals surface area contributed by atoms with E-state index in [2.05, 4.69) is 12.2 Å². The van der Waals surface area contributed by atoms with Crippen molar-refractivity contribution in [3.8, 4) is 5.75 Å². The number of hydrogen-bond donors (Lipinski definition) is 2. The Balaban J connectivity index is 2.01. The van der Waals surface area contributed by atoms with Crippen LogP contribution in [0.15, 0.2) is 42.5 Å². The molecule has 1 unspecified atom stereocenters. The molecule has 0 aromatic heterocycles. The zero-order valence-electron chi connectivity index (χ0n) is 15.1. The van der Waals surface area contributed by atoms with E-state index in [1.165, 1.54) is 13.2 Å². The molecule has 1 amide bonds. The summed E-state index contributed by atoms with van der Waals surface area (Å²) in [5.74, 6) is -0.176. The monoisotopic (exact) mass is 345 g/mol. The van der Waals surface area contributed by atoms with Crippen LogP contribution in [0.2, 0.25) is 0 Å². The average molecular weight is 345 g/mol. The van der Waals surface area contributed by atoms with Crippen molar-refractivity contribution < 1.29 is 18.8 Å². The molecule has 0 saturated heterocycles. The molecular formula is C20H26FN2O2+. The second-order valence-electron chi connectivity index (χ2n) is 6.19. The topological polar surface area (TPSA) is 42.8 Å². The molecule has 2 rings (SSSR count). The molecule has 0 spiro atoms. The Labute approximate surface area is 148 Å². The molecule has 134 valence electrons. The SMILES string of the molecule is CCC[NH+](CC(=O)Nc1ccccc1C)Cc1ccc(OC)c(F)c1. The normalized spacial score (nSPS) is 11.8. The van der Waals surface area contributed by atoms with Gasteiger partial charge in [-0.2, -0.15) is 0 Å². The summed E-state index contributed by atoms with van der Waals surface area (Å²) in [6.45, 7) is 5.82. The van der Waals surface area contributed by atoms with Crippen LogP contribution in [0.25, 0.3) is 0 Å². The summed E-state index contributed by atoms with van der Waals surface area (Å²) in [5.41, 5.74) is 2.72. The third-order valence-corrected chi connectivity index (χ3v) is 4.10. The number of halogens is 1. The van der Waals surface area contributed by atoms with E-state index in [1.54, 1.807) is 6.07 Å². The summed E-state index contributed by atoms with van der Waals surface area (Å²) in [7, 11) is 1.45. The zero-order valence-corrected chi connectivity index (χ0v) is 15.1. The molecule has 4 nitrogen and oxygen atoms in total. The molecule has 2 aromatic rings. The summed E-state index contributed by atoms with van der Waals surface area (Å²) in [6.07, 6.45) is 0.950. The number of carbonyl (C=O) groups is 1. The van der Waals surface area contributed by atoms with Gasteiger partial charge in [0.1, 0.15) is 6.54 Å². The Bertz CT molecular complexity index is 719. The van der Waals surface area contributed by atoms with Gasteiger partial charge < -0.3 is 15.0 Å². The van der Waals surface area contributed by atoms with Crippen LogP contribution in [-0.2, 0) is 11.3 Å². The molecule has 0 fully saturated rings. The standard InChI is InChI=1S/C20H25FN2O2/c1-4-11-23(13-16-9-10-19(25-3)17(21)12-16)14-20(24)22-18-8-6-5-7-15(18)2/h5-10,12H,4,11,13-14H2,1-3H3,(H,22,24)/p+1. The second-order valence-corrected chi connectivity index (χ2v) is 6.19. The van der Waals surface area contributed by atoms with Gasteiger partial charge in [0.25, 0.3) is 5.91 Å². The first kappa shape index (κ1) is 18.9. The Morgan fingerprint density at radius 2 is 2.00 bits per heavy atom. The molecule has 25 heavy (non-hydrogen) atoms. The van der Waals surface area contributed by atoms with Gasteiger partial charge in [0.05, 0.1) is 13.7 Å². The second kappa shape index (κ2) is 9.18. The molecule has 0 bridgehead atoms. The van der Waals surface area contributed by atoms with Crippen LogP contribution < -0.4 is 15.0 Å². The Morgan fingerprint density at radius 1 is 1.24 bits per heavy atom. The van der Waals surface area contributed by atoms with Crippen LogP contribution in [0, 0.1) is 12.7 Å². The predicted molar refractivity (Wildman–Crippen MR) is 97.5 cm³/mol. The van der Waals surface area contributed by atoms with Crippen molar-refractivity contribution in [3.63, 3.8) is 0 Å². The number of rotatable bonds is 8. The van der Waals surface area contributed by atoms with E-state index in [0.717, 1.165) is 34.7 Å². The lowest BCUT2D eigenvalue weighted by Gasteiger charge is -2.19. The van der Waals surface area contributed by atoms with E-state index in [4.69, 9.17) is 4.74 Å². The number of nitrogens with one attached hydrogen (secondary N) is 2. The maximum Gasteiger partial charge on any atom is 0.279 e. The molecule has 2 aromatic carbocycles. The number of carbonyl (C=O) groups excluding carboxylic acids is 1. The molecule has 0 aliphatic carbocycles. The number of quaternary nitrogens is 1. The van der Waals surface area contributed by atoms with Crippen molar-refractivity contribution in [2.24, 2.45) is 0 Å². The van der Waals surface area contributed by atoms with Crippen molar-refractivity contribution in [1.29, 1.82) is 0 Å². The molecule has 0 aliphatic heterocycles. The maximum atomic E-state index is 13.9. The maximum absolute atomic E-state index is 13.9. The van der Waals surface area contributed by atoms with Crippen molar-refractivity contribution in [2.45, 2.75) is 26.8 Å². The van der Waals surface area contributed by atoms with E-state index in [-0.39, 0.29) is 17.5 Å². The van der Waals surface area contributed by atoms with Crippen LogP contribution in [-0.4, -0.2) is 26.1 Å². The third kappa shape index (κ3) is 5.57. The molecule has 0 radical (unpaired) electrons. The minimum atomic E-state index is -0.375. The average Bonchev–Trinajstić information content (AvgIpc) is 2.57. The number of methoxy groups -OCH3 is 1. The number of ether oxygens (including phenoxy) is 1. The first-order valence-corrected chi connectivity index (χ1v) is 8.55. The zero-order chi connectivity index (χ0) is 18.2. The highest BCUT2D eigenvalue weighted by Gasteiger charge is 2.16.